The first-order valence-electron chi connectivity index (χ1n) is 13.2. The molecule has 0 atom stereocenters. The van der Waals surface area contributed by atoms with Gasteiger partial charge in [-0.2, -0.15) is 0 Å². The van der Waals surface area contributed by atoms with E-state index in [0.29, 0.717) is 12.0 Å². The molecule has 0 unspecified atom stereocenters. The summed E-state index contributed by atoms with van der Waals surface area (Å²) in [6.07, 6.45) is 11.8. The minimum absolute atomic E-state index is 0.277. The first kappa shape index (κ1) is 30.1. The number of benzene rings is 2. The van der Waals surface area contributed by atoms with Crippen LogP contribution in [-0.2, 0) is 44.7 Å². The third kappa shape index (κ3) is 5.94. The van der Waals surface area contributed by atoms with Gasteiger partial charge >= 0.3 is 201 Å². The predicted molar refractivity (Wildman–Crippen MR) is 140 cm³/mol. The van der Waals surface area contributed by atoms with Crippen LogP contribution in [0.15, 0.2) is 58.3 Å². The van der Waals surface area contributed by atoms with Crippen LogP contribution >= 0.6 is 0 Å². The Balaban J connectivity index is 1.79. The van der Waals surface area contributed by atoms with E-state index < -0.39 is 46.4 Å². The van der Waals surface area contributed by atoms with Crippen LogP contribution in [0.1, 0.15) is 76.7 Å². The summed E-state index contributed by atoms with van der Waals surface area (Å²) < 4.78 is 80.3. The van der Waals surface area contributed by atoms with E-state index in [0.717, 1.165) is 37.8 Å². The number of hydrogen-bond donors (Lipinski definition) is 1. The summed E-state index contributed by atoms with van der Waals surface area (Å²) in [4.78, 5) is -0.773. The SMILES string of the molecule is CCCCCCCCCCCCc1ccccc1[S](=O)(=O)[Ti]1(=[O])([S](=O)(=O)c2ccc(N)cc2)[O]CC[O]1. The van der Waals surface area contributed by atoms with Crippen LogP contribution in [0.4, 0.5) is 5.69 Å². The number of hydrogen-bond acceptors (Lipinski definition) is 8. The van der Waals surface area contributed by atoms with Gasteiger partial charge in [-0.3, -0.25) is 0 Å². The average Bonchev–Trinajstić information content (AvgIpc) is 3.32. The maximum atomic E-state index is 14.4. The van der Waals surface area contributed by atoms with Crippen molar-refractivity contribution in [1.82, 2.24) is 0 Å². The second-order valence-corrected chi connectivity index (χ2v) is 28.0. The number of anilines is 1. The molecule has 2 N–H and O–H groups in total. The summed E-state index contributed by atoms with van der Waals surface area (Å²) in [5, 5.41) is 0. The van der Waals surface area contributed by atoms with Crippen molar-refractivity contribution in [2.24, 2.45) is 0 Å². The zero-order valence-electron chi connectivity index (χ0n) is 21.6. The maximum absolute atomic E-state index is 14.4. The Kier molecular flexibility index (Phi) is 10.3. The topological polar surface area (TPSA) is 130 Å². The van der Waals surface area contributed by atoms with Crippen LogP contribution in [0.3, 0.4) is 0 Å². The van der Waals surface area contributed by atoms with Crippen molar-refractivity contribution >= 4 is 20.5 Å². The van der Waals surface area contributed by atoms with E-state index in [9.17, 15) is 20.2 Å². The zero-order valence-corrected chi connectivity index (χ0v) is 24.8. The Morgan fingerprint density at radius 2 is 1.24 bits per heavy atom. The van der Waals surface area contributed by atoms with Crippen molar-refractivity contribution in [2.45, 2.75) is 87.3 Å². The fourth-order valence-electron chi connectivity index (χ4n) is 4.71. The molecule has 1 saturated heterocycles. The Morgan fingerprint density at radius 1 is 0.730 bits per heavy atom. The molecule has 11 heteroatoms. The van der Waals surface area contributed by atoms with Gasteiger partial charge in [0.1, 0.15) is 0 Å². The van der Waals surface area contributed by atoms with Crippen LogP contribution in [0.2, 0.25) is 0 Å². The molecule has 0 aliphatic carbocycles. The second-order valence-electron chi connectivity index (χ2n) is 9.65. The van der Waals surface area contributed by atoms with Gasteiger partial charge in [0.25, 0.3) is 0 Å². The summed E-state index contributed by atoms with van der Waals surface area (Å²) in [5.74, 6) is 0. The van der Waals surface area contributed by atoms with Crippen LogP contribution in [-0.4, -0.2) is 30.0 Å². The molecule has 37 heavy (non-hydrogen) atoms. The van der Waals surface area contributed by atoms with Crippen LogP contribution in [0, 0.1) is 0 Å². The number of rotatable bonds is 15. The van der Waals surface area contributed by atoms with Gasteiger partial charge in [-0.05, 0) is 0 Å². The summed E-state index contributed by atoms with van der Waals surface area (Å²) >= 11 is -7.48. The summed E-state index contributed by atoms with van der Waals surface area (Å²) in [6.45, 7) is 1.42. The molecule has 1 heterocycles. The molecule has 0 spiro atoms. The molecule has 1 aliphatic heterocycles. The van der Waals surface area contributed by atoms with Crippen LogP contribution in [0.25, 0.3) is 0 Å². The first-order valence-corrected chi connectivity index (χ1v) is 21.9. The molecule has 1 fully saturated rings. The number of aryl methyl sites for hydroxylation is 1. The molecule has 0 radical (unpaired) electrons. The van der Waals surface area contributed by atoms with Crippen LogP contribution in [0.5, 0.6) is 0 Å². The van der Waals surface area contributed by atoms with Crippen molar-refractivity contribution in [3.05, 3.63) is 54.1 Å². The standard InChI is InChI=1S/C18H29O2S.C6H6NO2S.C2H4O2.O.Ti/c1-2-3-4-5-6-7-8-9-10-11-14-17-15-12-13-16-18(17)21(19)20;7-5-1-3-6(4-2-5)10(8)9;3-1-2-4;;/h12-13,15-16H,2-11,14H2,1H3;1-4H,7H2;1-2H2;;/q;;-2;;+2. The molecular weight excluding hydrogens is 550 g/mol. The first-order chi connectivity index (χ1) is 17.6. The summed E-state index contributed by atoms with van der Waals surface area (Å²) in [6, 6.07) is 10.9. The van der Waals surface area contributed by atoms with Gasteiger partial charge in [0.05, 0.1) is 0 Å². The van der Waals surface area contributed by atoms with Gasteiger partial charge in [0.2, 0.25) is 0 Å². The molecule has 0 amide bonds. The summed E-state index contributed by atoms with van der Waals surface area (Å²) in [7, 11) is -10.1. The van der Waals surface area contributed by atoms with Crippen molar-refractivity contribution in [1.29, 1.82) is 0 Å². The zero-order chi connectivity index (χ0) is 27.0. The molecule has 0 bridgehead atoms. The number of nitrogens with two attached hydrogens (primary N) is 1. The Morgan fingerprint density at radius 3 is 1.81 bits per heavy atom. The predicted octanol–water partition coefficient (Wildman–Crippen LogP) is 5.72. The van der Waals surface area contributed by atoms with Crippen LogP contribution < -0.4 is 5.73 Å². The van der Waals surface area contributed by atoms with Gasteiger partial charge in [0.15, 0.2) is 0 Å². The molecule has 206 valence electrons. The Hall–Kier alpha value is -1.43. The van der Waals surface area contributed by atoms with E-state index in [-0.39, 0.29) is 10.6 Å². The van der Waals surface area contributed by atoms with E-state index in [1.165, 1.54) is 62.8 Å². The summed E-state index contributed by atoms with van der Waals surface area (Å²) in [5.41, 5.74) is 6.35. The Bertz CT molecular complexity index is 1310. The third-order valence-electron chi connectivity index (χ3n) is 6.89. The van der Waals surface area contributed by atoms with E-state index >= 15 is 0 Å². The van der Waals surface area contributed by atoms with Gasteiger partial charge in [-0.1, -0.05) is 19.8 Å². The normalized spacial score (nSPS) is 16.9. The molecular formula is C26H39NO7S2Ti. The monoisotopic (exact) mass is 589 g/mol. The van der Waals surface area contributed by atoms with E-state index in [1.807, 2.05) is 0 Å². The van der Waals surface area contributed by atoms with E-state index in [4.69, 9.17) is 12.4 Å². The quantitative estimate of drug-likeness (QED) is 0.159. The van der Waals surface area contributed by atoms with Gasteiger partial charge < -0.3 is 0 Å². The molecule has 2 aromatic carbocycles. The molecule has 8 nitrogen and oxygen atoms in total. The Labute approximate surface area is 220 Å². The number of nitrogen functional groups attached to an aromatic ring is 1. The average molecular weight is 590 g/mol. The van der Waals surface area contributed by atoms with Gasteiger partial charge in [-0.25, -0.2) is 0 Å². The molecule has 2 aromatic rings. The van der Waals surface area contributed by atoms with Crippen molar-refractivity contribution in [2.75, 3.05) is 18.9 Å². The van der Waals surface area contributed by atoms with Crippen molar-refractivity contribution in [3.8, 4) is 0 Å². The molecule has 0 aromatic heterocycles. The fourth-order valence-corrected chi connectivity index (χ4v) is 25.6. The third-order valence-corrected chi connectivity index (χ3v) is 30.4. The molecule has 1 aliphatic rings. The van der Waals surface area contributed by atoms with Crippen molar-refractivity contribution in [3.63, 3.8) is 0 Å². The second kappa shape index (κ2) is 12.6. The fraction of sp³-hybridized carbons (Fsp3) is 0.538. The minimum atomic E-state index is -7.48. The van der Waals surface area contributed by atoms with Crippen molar-refractivity contribution < 1.29 is 40.2 Å². The molecule has 3 rings (SSSR count). The van der Waals surface area contributed by atoms with E-state index in [1.54, 1.807) is 12.1 Å². The van der Waals surface area contributed by atoms with Gasteiger partial charge in [-0.15, -0.1) is 0 Å². The van der Waals surface area contributed by atoms with E-state index in [2.05, 4.69) is 6.92 Å². The molecule has 0 saturated carbocycles. The van der Waals surface area contributed by atoms with Gasteiger partial charge in [0, 0.05) is 0 Å². The number of unbranched alkanes of at least 4 members (excludes halogenated alkanes) is 9.